The van der Waals surface area contributed by atoms with Crippen LogP contribution in [0.25, 0.3) is 88.5 Å². The van der Waals surface area contributed by atoms with Crippen LogP contribution in [0.2, 0.25) is 0 Å². The molecule has 7 aromatic carbocycles. The van der Waals surface area contributed by atoms with Gasteiger partial charge in [0, 0.05) is 32.7 Å². The van der Waals surface area contributed by atoms with E-state index in [4.69, 9.17) is 14.4 Å². The third-order valence-corrected chi connectivity index (χ3v) is 8.71. The zero-order valence-electron chi connectivity index (χ0n) is 24.3. The molecular formula is C42H26N2O. The van der Waals surface area contributed by atoms with Crippen LogP contribution in [0.15, 0.2) is 162 Å². The van der Waals surface area contributed by atoms with Gasteiger partial charge in [0.15, 0.2) is 5.82 Å². The molecule has 0 aliphatic heterocycles. The number of hydrogen-bond acceptors (Lipinski definition) is 3. The van der Waals surface area contributed by atoms with Crippen LogP contribution >= 0.6 is 0 Å². The smallest absolute Gasteiger partial charge is 0.160 e. The maximum atomic E-state index is 6.50. The Bertz CT molecular complexity index is 2510. The number of hydrogen-bond donors (Lipinski definition) is 0. The highest BCUT2D eigenvalue weighted by Gasteiger charge is 2.18. The summed E-state index contributed by atoms with van der Waals surface area (Å²) in [5.41, 5.74) is 10.3. The largest absolute Gasteiger partial charge is 0.455 e. The summed E-state index contributed by atoms with van der Waals surface area (Å²) in [5, 5.41) is 5.42. The molecule has 0 atom stereocenters. The first-order valence-corrected chi connectivity index (χ1v) is 15.2. The van der Waals surface area contributed by atoms with Crippen LogP contribution in [-0.4, -0.2) is 9.97 Å². The van der Waals surface area contributed by atoms with Gasteiger partial charge in [0.25, 0.3) is 0 Å². The average Bonchev–Trinajstić information content (AvgIpc) is 3.50. The van der Waals surface area contributed by atoms with E-state index in [1.165, 1.54) is 16.7 Å². The molecule has 0 N–H and O–H groups in total. The fourth-order valence-corrected chi connectivity index (χ4v) is 6.46. The summed E-state index contributed by atoms with van der Waals surface area (Å²) in [6.07, 6.45) is 0. The Balaban J connectivity index is 1.17. The molecule has 210 valence electrons. The van der Waals surface area contributed by atoms with Crippen LogP contribution in [0.5, 0.6) is 0 Å². The highest BCUT2D eigenvalue weighted by molar-refractivity contribution is 6.19. The second-order valence-corrected chi connectivity index (χ2v) is 11.4. The van der Waals surface area contributed by atoms with Crippen LogP contribution < -0.4 is 0 Å². The summed E-state index contributed by atoms with van der Waals surface area (Å²) in [5.74, 6) is 0.698. The molecule has 0 spiro atoms. The van der Waals surface area contributed by atoms with E-state index in [1.54, 1.807) is 0 Å². The van der Waals surface area contributed by atoms with E-state index in [1.807, 2.05) is 24.3 Å². The molecule has 0 amide bonds. The van der Waals surface area contributed by atoms with Crippen molar-refractivity contribution in [2.75, 3.05) is 0 Å². The monoisotopic (exact) mass is 574 g/mol. The van der Waals surface area contributed by atoms with Gasteiger partial charge in [0.2, 0.25) is 0 Å². The first-order valence-electron chi connectivity index (χ1n) is 15.2. The third kappa shape index (κ3) is 4.29. The SMILES string of the molecule is c1ccc(-c2ccc(-c3ccc(-c4nc(-c5cccc6ccc7c8ccccc8oc7c56)c5ccccc5n4)cc3)cc2)cc1. The van der Waals surface area contributed by atoms with E-state index in [2.05, 4.69) is 133 Å². The van der Waals surface area contributed by atoms with Gasteiger partial charge in [-0.15, -0.1) is 0 Å². The van der Waals surface area contributed by atoms with Gasteiger partial charge in [0.05, 0.1) is 11.2 Å². The number of furan rings is 1. The number of para-hydroxylation sites is 2. The van der Waals surface area contributed by atoms with Crippen molar-refractivity contribution in [3.8, 4) is 44.9 Å². The average molecular weight is 575 g/mol. The Labute approximate surface area is 260 Å². The van der Waals surface area contributed by atoms with E-state index in [0.717, 1.165) is 66.0 Å². The molecule has 0 unspecified atom stereocenters. The first-order chi connectivity index (χ1) is 22.3. The molecule has 9 aromatic rings. The van der Waals surface area contributed by atoms with E-state index >= 15 is 0 Å². The standard InChI is InChI=1S/C42H26N2O/c1-2-9-27(10-3-1)28-17-19-29(20-18-28)30-21-23-32(24-22-30)42-43-37-15-6-4-13-35(37)40(44-42)36-14-8-11-31-25-26-34-33-12-5-7-16-38(33)45-41(34)39(31)36/h1-26H. The van der Waals surface area contributed by atoms with Crippen LogP contribution in [0.3, 0.4) is 0 Å². The summed E-state index contributed by atoms with van der Waals surface area (Å²) in [6, 6.07) is 54.9. The number of rotatable bonds is 4. The quantitative estimate of drug-likeness (QED) is 0.210. The predicted octanol–water partition coefficient (Wildman–Crippen LogP) is 11.4. The van der Waals surface area contributed by atoms with Gasteiger partial charge in [0.1, 0.15) is 11.2 Å². The molecule has 0 aliphatic carbocycles. The van der Waals surface area contributed by atoms with Gasteiger partial charge >= 0.3 is 0 Å². The lowest BCUT2D eigenvalue weighted by Gasteiger charge is -2.12. The molecule has 0 aliphatic rings. The Kier molecular flexibility index (Phi) is 5.82. The van der Waals surface area contributed by atoms with Crippen LogP contribution in [-0.2, 0) is 0 Å². The minimum absolute atomic E-state index is 0.698. The molecular weight excluding hydrogens is 548 g/mol. The summed E-state index contributed by atoms with van der Waals surface area (Å²) in [6.45, 7) is 0. The second kappa shape index (κ2) is 10.3. The van der Waals surface area contributed by atoms with Gasteiger partial charge in [-0.3, -0.25) is 0 Å². The fraction of sp³-hybridized carbons (Fsp3) is 0. The molecule has 0 bridgehead atoms. The highest BCUT2D eigenvalue weighted by Crippen LogP contribution is 2.40. The molecule has 0 radical (unpaired) electrons. The first kappa shape index (κ1) is 25.4. The van der Waals surface area contributed by atoms with Crippen molar-refractivity contribution >= 4 is 43.6 Å². The van der Waals surface area contributed by atoms with Crippen molar-refractivity contribution in [1.82, 2.24) is 9.97 Å². The highest BCUT2D eigenvalue weighted by atomic mass is 16.3. The van der Waals surface area contributed by atoms with Crippen LogP contribution in [0.4, 0.5) is 0 Å². The molecule has 0 saturated carbocycles. The number of nitrogens with zero attached hydrogens (tertiary/aromatic N) is 2. The maximum absolute atomic E-state index is 6.50. The molecule has 2 aromatic heterocycles. The molecule has 3 heteroatoms. The Hall–Kier alpha value is -6.06. The van der Waals surface area contributed by atoms with Crippen LogP contribution in [0.1, 0.15) is 0 Å². The Morgan fingerprint density at radius 2 is 1.02 bits per heavy atom. The summed E-state index contributed by atoms with van der Waals surface area (Å²) >= 11 is 0. The van der Waals surface area contributed by atoms with E-state index in [9.17, 15) is 0 Å². The summed E-state index contributed by atoms with van der Waals surface area (Å²) < 4.78 is 6.50. The lowest BCUT2D eigenvalue weighted by Crippen LogP contribution is -1.96. The lowest BCUT2D eigenvalue weighted by atomic mass is 9.97. The Morgan fingerprint density at radius 3 is 1.78 bits per heavy atom. The van der Waals surface area contributed by atoms with E-state index < -0.39 is 0 Å². The fourth-order valence-electron chi connectivity index (χ4n) is 6.46. The minimum atomic E-state index is 0.698. The van der Waals surface area contributed by atoms with Crippen molar-refractivity contribution in [3.63, 3.8) is 0 Å². The number of fused-ring (bicyclic) bond motifs is 6. The minimum Gasteiger partial charge on any atom is -0.455 e. The third-order valence-electron chi connectivity index (χ3n) is 8.71. The van der Waals surface area contributed by atoms with Gasteiger partial charge in [-0.1, -0.05) is 140 Å². The molecule has 9 rings (SSSR count). The number of benzene rings is 7. The zero-order valence-corrected chi connectivity index (χ0v) is 24.3. The van der Waals surface area contributed by atoms with Gasteiger partial charge in [-0.25, -0.2) is 9.97 Å². The normalized spacial score (nSPS) is 11.6. The van der Waals surface area contributed by atoms with Gasteiger partial charge in [-0.05, 0) is 45.8 Å². The van der Waals surface area contributed by atoms with Crippen molar-refractivity contribution in [2.24, 2.45) is 0 Å². The summed E-state index contributed by atoms with van der Waals surface area (Å²) in [7, 11) is 0. The maximum Gasteiger partial charge on any atom is 0.160 e. The molecule has 45 heavy (non-hydrogen) atoms. The van der Waals surface area contributed by atoms with E-state index in [-0.39, 0.29) is 0 Å². The molecule has 3 nitrogen and oxygen atoms in total. The van der Waals surface area contributed by atoms with E-state index in [0.29, 0.717) is 5.82 Å². The van der Waals surface area contributed by atoms with Gasteiger partial charge < -0.3 is 4.42 Å². The van der Waals surface area contributed by atoms with Crippen molar-refractivity contribution < 1.29 is 4.42 Å². The molecule has 0 saturated heterocycles. The van der Waals surface area contributed by atoms with Crippen molar-refractivity contribution in [1.29, 1.82) is 0 Å². The number of aromatic nitrogens is 2. The predicted molar refractivity (Wildman–Crippen MR) is 186 cm³/mol. The second-order valence-electron chi connectivity index (χ2n) is 11.4. The molecule has 0 fully saturated rings. The van der Waals surface area contributed by atoms with Crippen LogP contribution in [0, 0.1) is 0 Å². The topological polar surface area (TPSA) is 38.9 Å². The summed E-state index contributed by atoms with van der Waals surface area (Å²) in [4.78, 5) is 10.3. The lowest BCUT2D eigenvalue weighted by molar-refractivity contribution is 0.673. The van der Waals surface area contributed by atoms with Gasteiger partial charge in [-0.2, -0.15) is 0 Å². The zero-order chi connectivity index (χ0) is 29.7. The molecule has 2 heterocycles. The Morgan fingerprint density at radius 1 is 0.400 bits per heavy atom. The van der Waals surface area contributed by atoms with Crippen molar-refractivity contribution in [3.05, 3.63) is 158 Å². The van der Waals surface area contributed by atoms with Crippen molar-refractivity contribution in [2.45, 2.75) is 0 Å².